The lowest BCUT2D eigenvalue weighted by Crippen LogP contribution is -2.42. The van der Waals surface area contributed by atoms with Crippen molar-refractivity contribution in [3.05, 3.63) is 29.4 Å². The van der Waals surface area contributed by atoms with Gasteiger partial charge in [-0.15, -0.1) is 10.2 Å². The van der Waals surface area contributed by atoms with Crippen molar-refractivity contribution in [1.29, 1.82) is 0 Å². The number of hydrogen-bond donors (Lipinski definition) is 2. The van der Waals surface area contributed by atoms with Crippen LogP contribution in [0.15, 0.2) is 23.8 Å². The molecule has 0 aromatic carbocycles. The number of aliphatic carboxylic acids is 1. The van der Waals surface area contributed by atoms with Crippen LogP contribution in [0.3, 0.4) is 0 Å². The van der Waals surface area contributed by atoms with Crippen LogP contribution < -0.4 is 10.2 Å². The molecule has 2 aromatic heterocycles. The second-order valence-corrected chi connectivity index (χ2v) is 6.72. The Balaban J connectivity index is 1.69. The molecule has 3 heterocycles. The van der Waals surface area contributed by atoms with Crippen molar-refractivity contribution in [1.82, 2.24) is 15.2 Å². The fourth-order valence-electron chi connectivity index (χ4n) is 2.82. The predicted molar refractivity (Wildman–Crippen MR) is 89.2 cm³/mol. The average molecular weight is 347 g/mol. The first-order valence-electron chi connectivity index (χ1n) is 7.54. The molecule has 1 fully saturated rings. The molecule has 0 bridgehead atoms. The summed E-state index contributed by atoms with van der Waals surface area (Å²) in [6.07, 6.45) is 2.16. The molecule has 24 heavy (non-hydrogen) atoms. The second kappa shape index (κ2) is 6.91. The van der Waals surface area contributed by atoms with Gasteiger partial charge in [-0.05, 0) is 24.5 Å². The molecule has 9 heteroatoms. The second-order valence-electron chi connectivity index (χ2n) is 5.88. The molecular weight excluding hydrogens is 330 g/mol. The Morgan fingerprint density at radius 3 is 2.83 bits per heavy atom. The van der Waals surface area contributed by atoms with Crippen molar-refractivity contribution in [2.24, 2.45) is 11.8 Å². The Morgan fingerprint density at radius 2 is 2.21 bits per heavy atom. The van der Waals surface area contributed by atoms with Gasteiger partial charge in [0.05, 0.1) is 11.5 Å². The van der Waals surface area contributed by atoms with Gasteiger partial charge in [0, 0.05) is 19.3 Å². The number of amides is 1. The van der Waals surface area contributed by atoms with Crippen LogP contribution >= 0.6 is 11.3 Å². The summed E-state index contributed by atoms with van der Waals surface area (Å²) < 4.78 is 0. The maximum atomic E-state index is 12.1. The monoisotopic (exact) mass is 347 g/mol. The third-order valence-electron chi connectivity index (χ3n) is 3.92. The zero-order valence-corrected chi connectivity index (χ0v) is 13.9. The number of piperidine rings is 1. The van der Waals surface area contributed by atoms with E-state index in [0.717, 1.165) is 6.54 Å². The molecule has 0 aliphatic carbocycles. The summed E-state index contributed by atoms with van der Waals surface area (Å²) in [5, 5.41) is 19.7. The van der Waals surface area contributed by atoms with Gasteiger partial charge in [-0.3, -0.25) is 14.9 Å². The van der Waals surface area contributed by atoms with Gasteiger partial charge in [0.25, 0.3) is 5.91 Å². The minimum Gasteiger partial charge on any atom is -0.481 e. The van der Waals surface area contributed by atoms with Crippen LogP contribution in [-0.2, 0) is 4.79 Å². The molecule has 2 unspecified atom stereocenters. The number of pyridine rings is 1. The van der Waals surface area contributed by atoms with E-state index in [1.807, 2.05) is 11.8 Å². The Labute approximate surface area is 142 Å². The van der Waals surface area contributed by atoms with Crippen LogP contribution in [0, 0.1) is 11.8 Å². The lowest BCUT2D eigenvalue weighted by atomic mass is 9.90. The number of anilines is 2. The highest BCUT2D eigenvalue weighted by molar-refractivity contribution is 7.13. The number of hydrogen-bond acceptors (Lipinski definition) is 7. The highest BCUT2D eigenvalue weighted by Crippen LogP contribution is 2.25. The normalized spacial score (nSPS) is 20.6. The van der Waals surface area contributed by atoms with Crippen LogP contribution in [0.5, 0.6) is 0 Å². The first-order valence-corrected chi connectivity index (χ1v) is 8.42. The maximum absolute atomic E-state index is 12.1. The van der Waals surface area contributed by atoms with Crippen molar-refractivity contribution in [3.63, 3.8) is 0 Å². The number of rotatable bonds is 4. The topological polar surface area (TPSA) is 108 Å². The molecule has 126 valence electrons. The molecule has 1 saturated heterocycles. The first-order chi connectivity index (χ1) is 11.5. The van der Waals surface area contributed by atoms with Crippen molar-refractivity contribution in [2.75, 3.05) is 23.3 Å². The molecule has 0 spiro atoms. The molecule has 3 rings (SSSR count). The molecule has 0 saturated carbocycles. The van der Waals surface area contributed by atoms with Gasteiger partial charge in [-0.1, -0.05) is 18.3 Å². The van der Waals surface area contributed by atoms with Gasteiger partial charge in [0.1, 0.15) is 11.3 Å². The molecular formula is C15H17N5O3S. The maximum Gasteiger partial charge on any atom is 0.308 e. The van der Waals surface area contributed by atoms with Crippen LogP contribution in [0.2, 0.25) is 0 Å². The fourth-order valence-corrected chi connectivity index (χ4v) is 3.26. The minimum absolute atomic E-state index is 0.280. The van der Waals surface area contributed by atoms with Gasteiger partial charge in [0.2, 0.25) is 5.13 Å². The van der Waals surface area contributed by atoms with E-state index >= 15 is 0 Å². The molecule has 2 N–H and O–H groups in total. The molecule has 8 nitrogen and oxygen atoms in total. The zero-order valence-electron chi connectivity index (χ0n) is 13.0. The summed E-state index contributed by atoms with van der Waals surface area (Å²) in [4.78, 5) is 29.6. The number of nitrogens with zero attached hydrogens (tertiary/aromatic N) is 4. The number of carbonyl (C=O) groups is 2. The van der Waals surface area contributed by atoms with Gasteiger partial charge in [0.15, 0.2) is 0 Å². The molecule has 2 aromatic rings. The quantitative estimate of drug-likeness (QED) is 0.867. The largest absolute Gasteiger partial charge is 0.481 e. The molecule has 0 radical (unpaired) electrons. The number of carbonyl (C=O) groups excluding carboxylic acids is 1. The van der Waals surface area contributed by atoms with Crippen molar-refractivity contribution in [2.45, 2.75) is 13.3 Å². The van der Waals surface area contributed by atoms with E-state index in [2.05, 4.69) is 20.5 Å². The summed E-state index contributed by atoms with van der Waals surface area (Å²) in [5.41, 5.74) is 1.95. The SMILES string of the molecule is CC1CC(C(=O)O)CN(c2ccc(C(=O)Nc3nncs3)cn2)C1. The van der Waals surface area contributed by atoms with Gasteiger partial charge >= 0.3 is 5.97 Å². The molecule has 1 aliphatic heterocycles. The van der Waals surface area contributed by atoms with Crippen LogP contribution in [0.25, 0.3) is 0 Å². The van der Waals surface area contributed by atoms with Crippen molar-refractivity contribution >= 4 is 34.2 Å². The number of carboxylic acid groups (broad SMARTS) is 1. The van der Waals surface area contributed by atoms with Gasteiger partial charge in [-0.25, -0.2) is 4.98 Å². The number of carboxylic acids is 1. The van der Waals surface area contributed by atoms with E-state index in [1.165, 1.54) is 23.0 Å². The predicted octanol–water partition coefficient (Wildman–Crippen LogP) is 1.73. The van der Waals surface area contributed by atoms with E-state index in [9.17, 15) is 14.7 Å². The summed E-state index contributed by atoms with van der Waals surface area (Å²) in [6, 6.07) is 3.42. The third-order valence-corrected chi connectivity index (χ3v) is 4.53. The molecule has 2 atom stereocenters. The highest BCUT2D eigenvalue weighted by Gasteiger charge is 2.30. The van der Waals surface area contributed by atoms with Gasteiger partial charge in [-0.2, -0.15) is 0 Å². The van der Waals surface area contributed by atoms with Crippen LogP contribution in [-0.4, -0.2) is 45.3 Å². The first kappa shape index (κ1) is 16.3. The van der Waals surface area contributed by atoms with E-state index in [0.29, 0.717) is 29.5 Å². The van der Waals surface area contributed by atoms with E-state index < -0.39 is 11.9 Å². The fraction of sp³-hybridized carbons (Fsp3) is 0.400. The highest BCUT2D eigenvalue weighted by atomic mass is 32.1. The Kier molecular flexibility index (Phi) is 4.70. The van der Waals surface area contributed by atoms with E-state index in [4.69, 9.17) is 0 Å². The smallest absolute Gasteiger partial charge is 0.308 e. The Morgan fingerprint density at radius 1 is 1.38 bits per heavy atom. The summed E-state index contributed by atoms with van der Waals surface area (Å²) in [5.74, 6) is -0.515. The van der Waals surface area contributed by atoms with E-state index in [-0.39, 0.29) is 11.8 Å². The standard InChI is InChI=1S/C15H17N5O3S/c1-9-4-11(14(22)23)7-20(6-9)12-3-2-10(5-16-12)13(21)18-15-19-17-8-24-15/h2-3,5,8-9,11H,4,6-7H2,1H3,(H,22,23)(H,18,19,21). The number of nitrogens with one attached hydrogen (secondary N) is 1. The van der Waals surface area contributed by atoms with Crippen LogP contribution in [0.1, 0.15) is 23.7 Å². The zero-order chi connectivity index (χ0) is 17.1. The van der Waals surface area contributed by atoms with E-state index in [1.54, 1.807) is 12.1 Å². The van der Waals surface area contributed by atoms with Crippen molar-refractivity contribution < 1.29 is 14.7 Å². The average Bonchev–Trinajstić information content (AvgIpc) is 3.07. The molecule has 1 aliphatic rings. The van der Waals surface area contributed by atoms with Crippen LogP contribution in [0.4, 0.5) is 10.9 Å². The van der Waals surface area contributed by atoms with Crippen molar-refractivity contribution in [3.8, 4) is 0 Å². The Hall–Kier alpha value is -2.55. The molecule has 1 amide bonds. The number of aromatic nitrogens is 3. The summed E-state index contributed by atoms with van der Waals surface area (Å²) >= 11 is 1.24. The Bertz CT molecular complexity index is 719. The minimum atomic E-state index is -0.778. The lowest BCUT2D eigenvalue weighted by molar-refractivity contribution is -0.142. The van der Waals surface area contributed by atoms with Gasteiger partial charge < -0.3 is 10.0 Å². The third kappa shape index (κ3) is 3.67. The lowest BCUT2D eigenvalue weighted by Gasteiger charge is -2.35. The summed E-state index contributed by atoms with van der Waals surface area (Å²) in [7, 11) is 0. The summed E-state index contributed by atoms with van der Waals surface area (Å²) in [6.45, 7) is 3.22.